The number of nitrogens with two attached hydrogens (primary N) is 1. The maximum absolute atomic E-state index is 6.17. The van der Waals surface area contributed by atoms with Gasteiger partial charge in [0, 0.05) is 19.0 Å². The summed E-state index contributed by atoms with van der Waals surface area (Å²) in [6.45, 7) is 6.85. The van der Waals surface area contributed by atoms with E-state index in [9.17, 15) is 0 Å². The summed E-state index contributed by atoms with van der Waals surface area (Å²) >= 11 is 0. The molecule has 20 heavy (non-hydrogen) atoms. The number of rotatable bonds is 6. The maximum Gasteiger partial charge on any atom is 0.259 e. The van der Waals surface area contributed by atoms with Crippen LogP contribution < -0.4 is 5.73 Å². The van der Waals surface area contributed by atoms with Crippen molar-refractivity contribution in [3.05, 3.63) is 29.8 Å². The highest BCUT2D eigenvalue weighted by Crippen LogP contribution is 2.21. The van der Waals surface area contributed by atoms with E-state index in [0.717, 1.165) is 17.5 Å². The molecule has 0 amide bonds. The number of hydrogen-bond acceptors (Lipinski definition) is 6. The summed E-state index contributed by atoms with van der Waals surface area (Å²) in [7, 11) is 0. The summed E-state index contributed by atoms with van der Waals surface area (Å²) in [5.41, 5.74) is 7.22. The molecule has 6 nitrogen and oxygen atoms in total. The third-order valence-corrected chi connectivity index (χ3v) is 2.81. The highest BCUT2D eigenvalue weighted by atomic mass is 16.5. The summed E-state index contributed by atoms with van der Waals surface area (Å²) in [5, 5.41) is 3.95. The van der Waals surface area contributed by atoms with Crippen LogP contribution in [0.15, 0.2) is 23.0 Å². The Morgan fingerprint density at radius 1 is 1.40 bits per heavy atom. The second-order valence-electron chi connectivity index (χ2n) is 5.14. The Morgan fingerprint density at radius 3 is 2.90 bits per heavy atom. The molecule has 1 unspecified atom stereocenters. The summed E-state index contributed by atoms with van der Waals surface area (Å²) in [6, 6.07) is 1.94. The molecule has 0 aliphatic rings. The fourth-order valence-electron chi connectivity index (χ4n) is 1.74. The van der Waals surface area contributed by atoms with Gasteiger partial charge in [-0.3, -0.25) is 4.98 Å². The van der Waals surface area contributed by atoms with Crippen LogP contribution in [-0.2, 0) is 10.3 Å². The molecular formula is C14H20N4O2. The number of nitrogens with zero attached hydrogens (tertiary/aromatic N) is 3. The fraction of sp³-hybridized carbons (Fsp3) is 0.500. The van der Waals surface area contributed by atoms with Crippen LogP contribution in [0.2, 0.25) is 0 Å². The van der Waals surface area contributed by atoms with Gasteiger partial charge in [-0.1, -0.05) is 12.1 Å². The molecule has 2 N–H and O–H groups in total. The lowest BCUT2D eigenvalue weighted by molar-refractivity contribution is 0.0867. The van der Waals surface area contributed by atoms with E-state index in [2.05, 4.69) is 15.1 Å². The zero-order valence-corrected chi connectivity index (χ0v) is 12.1. The molecule has 0 radical (unpaired) electrons. The minimum absolute atomic E-state index is 0.353. The van der Waals surface area contributed by atoms with Crippen molar-refractivity contribution in [3.63, 3.8) is 0 Å². The largest absolute Gasteiger partial charge is 0.379 e. The summed E-state index contributed by atoms with van der Waals surface area (Å²) in [4.78, 5) is 8.46. The van der Waals surface area contributed by atoms with Gasteiger partial charge in [0.2, 0.25) is 0 Å². The van der Waals surface area contributed by atoms with Gasteiger partial charge in [-0.25, -0.2) is 0 Å². The lowest BCUT2D eigenvalue weighted by Gasteiger charge is -2.19. The lowest BCUT2D eigenvalue weighted by Crippen LogP contribution is -2.39. The first kappa shape index (κ1) is 14.6. The van der Waals surface area contributed by atoms with Crippen LogP contribution in [0.1, 0.15) is 31.7 Å². The first-order valence-electron chi connectivity index (χ1n) is 6.66. The quantitative estimate of drug-likeness (QED) is 0.812. The maximum atomic E-state index is 6.17. The van der Waals surface area contributed by atoms with Crippen LogP contribution in [0, 0.1) is 6.92 Å². The third kappa shape index (κ3) is 3.40. The molecule has 2 aromatic heterocycles. The molecular weight excluding hydrogens is 256 g/mol. The van der Waals surface area contributed by atoms with Crippen LogP contribution in [0.4, 0.5) is 0 Å². The molecule has 6 heteroatoms. The number of aryl methyl sites for hydroxylation is 1. The fourth-order valence-corrected chi connectivity index (χ4v) is 1.74. The highest BCUT2D eigenvalue weighted by Gasteiger charge is 2.28. The second-order valence-corrected chi connectivity index (χ2v) is 5.14. The summed E-state index contributed by atoms with van der Waals surface area (Å²) in [5.74, 6) is 0.855. The zero-order valence-electron chi connectivity index (χ0n) is 12.1. The highest BCUT2D eigenvalue weighted by molar-refractivity contribution is 5.52. The van der Waals surface area contributed by atoms with E-state index in [1.807, 2.05) is 26.8 Å². The van der Waals surface area contributed by atoms with Gasteiger partial charge in [0.25, 0.3) is 5.89 Å². The molecule has 0 fully saturated rings. The van der Waals surface area contributed by atoms with Crippen LogP contribution in [0.3, 0.4) is 0 Å². The van der Waals surface area contributed by atoms with Crippen molar-refractivity contribution in [3.8, 4) is 11.5 Å². The molecule has 1 atom stereocenters. The van der Waals surface area contributed by atoms with Gasteiger partial charge in [0.1, 0.15) is 5.54 Å². The van der Waals surface area contributed by atoms with E-state index in [1.54, 1.807) is 12.4 Å². The van der Waals surface area contributed by atoms with Crippen LogP contribution in [0.25, 0.3) is 11.5 Å². The van der Waals surface area contributed by atoms with Gasteiger partial charge < -0.3 is 15.0 Å². The molecule has 2 aromatic rings. The molecule has 0 spiro atoms. The Hall–Kier alpha value is -1.79. The van der Waals surface area contributed by atoms with Crippen molar-refractivity contribution >= 4 is 0 Å². The predicted octanol–water partition coefficient (Wildman–Crippen LogP) is 2.04. The van der Waals surface area contributed by atoms with Gasteiger partial charge in [0.15, 0.2) is 5.82 Å². The molecule has 0 aliphatic heterocycles. The molecule has 0 bridgehead atoms. The van der Waals surface area contributed by atoms with Gasteiger partial charge in [0.05, 0.1) is 12.2 Å². The number of pyridine rings is 1. The van der Waals surface area contributed by atoms with Crippen LogP contribution in [-0.4, -0.2) is 28.3 Å². The Bertz CT molecular complexity index is 566. The summed E-state index contributed by atoms with van der Waals surface area (Å²) < 4.78 is 10.7. The van der Waals surface area contributed by atoms with E-state index >= 15 is 0 Å². The number of aromatic nitrogens is 3. The summed E-state index contributed by atoms with van der Waals surface area (Å²) in [6.07, 6.45) is 4.40. The molecule has 2 heterocycles. The second kappa shape index (κ2) is 6.11. The van der Waals surface area contributed by atoms with E-state index in [1.165, 1.54) is 0 Å². The third-order valence-electron chi connectivity index (χ3n) is 2.81. The molecule has 0 aliphatic carbocycles. The van der Waals surface area contributed by atoms with Crippen molar-refractivity contribution in [2.75, 3.05) is 13.2 Å². The zero-order chi connectivity index (χ0) is 14.6. The molecule has 2 rings (SSSR count). The van der Waals surface area contributed by atoms with E-state index < -0.39 is 5.54 Å². The van der Waals surface area contributed by atoms with Gasteiger partial charge in [-0.05, 0) is 31.9 Å². The van der Waals surface area contributed by atoms with Crippen molar-refractivity contribution in [1.29, 1.82) is 0 Å². The Morgan fingerprint density at radius 2 is 2.20 bits per heavy atom. The van der Waals surface area contributed by atoms with E-state index in [0.29, 0.717) is 24.9 Å². The molecule has 0 saturated carbocycles. The van der Waals surface area contributed by atoms with Crippen LogP contribution in [0.5, 0.6) is 0 Å². The van der Waals surface area contributed by atoms with Gasteiger partial charge >= 0.3 is 0 Å². The molecule has 0 saturated heterocycles. The van der Waals surface area contributed by atoms with Gasteiger partial charge in [-0.15, -0.1) is 0 Å². The van der Waals surface area contributed by atoms with E-state index in [4.69, 9.17) is 15.0 Å². The minimum atomic E-state index is -0.770. The monoisotopic (exact) mass is 276 g/mol. The normalized spacial score (nSPS) is 14.2. The van der Waals surface area contributed by atoms with Crippen molar-refractivity contribution in [1.82, 2.24) is 15.1 Å². The molecule has 108 valence electrons. The number of hydrogen-bond donors (Lipinski definition) is 1. The van der Waals surface area contributed by atoms with Crippen molar-refractivity contribution < 1.29 is 9.26 Å². The standard InChI is InChI=1S/C14H20N4O2/c1-4-5-19-9-14(3,15)13-17-12(20-18-13)11-6-10(2)7-16-8-11/h6-8H,4-5,9,15H2,1-3H3. The minimum Gasteiger partial charge on any atom is -0.379 e. The number of ether oxygens (including phenoxy) is 1. The SMILES string of the molecule is CCCOCC(C)(N)c1noc(-c2cncc(C)c2)n1. The lowest BCUT2D eigenvalue weighted by atomic mass is 10.1. The Kier molecular flexibility index (Phi) is 4.46. The van der Waals surface area contributed by atoms with E-state index in [-0.39, 0.29) is 0 Å². The first-order valence-corrected chi connectivity index (χ1v) is 6.66. The average molecular weight is 276 g/mol. The van der Waals surface area contributed by atoms with Crippen molar-refractivity contribution in [2.24, 2.45) is 5.73 Å². The van der Waals surface area contributed by atoms with Crippen LogP contribution >= 0.6 is 0 Å². The first-order chi connectivity index (χ1) is 9.53. The molecule has 0 aromatic carbocycles. The Labute approximate surface area is 118 Å². The smallest absolute Gasteiger partial charge is 0.259 e. The average Bonchev–Trinajstić information content (AvgIpc) is 2.89. The van der Waals surface area contributed by atoms with Gasteiger partial charge in [-0.2, -0.15) is 4.98 Å². The van der Waals surface area contributed by atoms with Crippen molar-refractivity contribution in [2.45, 2.75) is 32.7 Å². The Balaban J connectivity index is 2.16. The topological polar surface area (TPSA) is 87.1 Å². The predicted molar refractivity (Wildman–Crippen MR) is 74.9 cm³/mol.